The Balaban J connectivity index is 2.63. The van der Waals surface area contributed by atoms with E-state index in [2.05, 4.69) is 4.98 Å². The SMILES string of the molecule is CC(=O)c1nc(N)oc1-c1ccc(C)cc1C. The molecule has 0 aliphatic heterocycles. The standard InChI is InChI=1S/C13H14N2O2/c1-7-4-5-10(8(2)6-7)12-11(9(3)16)15-13(14)17-12/h4-6H,1-3H3,(H2,14,15). The fraction of sp³-hybridized carbons (Fsp3) is 0.231. The van der Waals surface area contributed by atoms with Crippen LogP contribution in [0.3, 0.4) is 0 Å². The lowest BCUT2D eigenvalue weighted by molar-refractivity contribution is 0.101. The number of nitrogens with zero attached hydrogens (tertiary/aromatic N) is 1. The maximum absolute atomic E-state index is 11.5. The van der Waals surface area contributed by atoms with Gasteiger partial charge in [0.25, 0.3) is 6.01 Å². The molecular weight excluding hydrogens is 216 g/mol. The molecule has 0 aliphatic carbocycles. The topological polar surface area (TPSA) is 69.1 Å². The van der Waals surface area contributed by atoms with Crippen LogP contribution < -0.4 is 5.73 Å². The van der Waals surface area contributed by atoms with E-state index in [-0.39, 0.29) is 17.5 Å². The molecule has 1 aromatic carbocycles. The summed E-state index contributed by atoms with van der Waals surface area (Å²) >= 11 is 0. The summed E-state index contributed by atoms with van der Waals surface area (Å²) in [7, 11) is 0. The fourth-order valence-electron chi connectivity index (χ4n) is 1.83. The van der Waals surface area contributed by atoms with Gasteiger partial charge in [-0.3, -0.25) is 4.79 Å². The highest BCUT2D eigenvalue weighted by molar-refractivity contribution is 5.98. The number of hydrogen-bond donors (Lipinski definition) is 1. The number of hydrogen-bond acceptors (Lipinski definition) is 4. The third-order valence-corrected chi connectivity index (χ3v) is 2.60. The second kappa shape index (κ2) is 4.05. The normalized spacial score (nSPS) is 10.5. The minimum absolute atomic E-state index is 0.0187. The van der Waals surface area contributed by atoms with Crippen LogP contribution in [0.25, 0.3) is 11.3 Å². The first kappa shape index (κ1) is 11.4. The van der Waals surface area contributed by atoms with E-state index in [9.17, 15) is 4.79 Å². The number of Topliss-reactive ketones (excluding diaryl/α,β-unsaturated/α-hetero) is 1. The summed E-state index contributed by atoms with van der Waals surface area (Å²) in [6.45, 7) is 5.42. The maximum Gasteiger partial charge on any atom is 0.293 e. The summed E-state index contributed by atoms with van der Waals surface area (Å²) in [6, 6.07) is 5.92. The van der Waals surface area contributed by atoms with E-state index in [4.69, 9.17) is 10.2 Å². The van der Waals surface area contributed by atoms with Gasteiger partial charge in [-0.15, -0.1) is 0 Å². The van der Waals surface area contributed by atoms with Crippen LogP contribution in [-0.4, -0.2) is 10.8 Å². The Hall–Kier alpha value is -2.10. The van der Waals surface area contributed by atoms with Crippen molar-refractivity contribution in [2.75, 3.05) is 5.73 Å². The molecule has 4 heteroatoms. The Morgan fingerprint density at radius 2 is 2.06 bits per heavy atom. The number of anilines is 1. The number of benzene rings is 1. The fourth-order valence-corrected chi connectivity index (χ4v) is 1.83. The minimum Gasteiger partial charge on any atom is -0.423 e. The molecule has 0 bridgehead atoms. The molecule has 0 radical (unpaired) electrons. The molecule has 2 N–H and O–H groups in total. The lowest BCUT2D eigenvalue weighted by atomic mass is 10.0. The zero-order valence-corrected chi connectivity index (χ0v) is 10.1. The summed E-state index contributed by atoms with van der Waals surface area (Å²) in [5.41, 5.74) is 8.83. The Kier molecular flexibility index (Phi) is 2.71. The van der Waals surface area contributed by atoms with Crippen LogP contribution >= 0.6 is 0 Å². The monoisotopic (exact) mass is 230 g/mol. The predicted molar refractivity (Wildman–Crippen MR) is 65.8 cm³/mol. The highest BCUT2D eigenvalue weighted by Gasteiger charge is 2.18. The number of aryl methyl sites for hydroxylation is 2. The van der Waals surface area contributed by atoms with Gasteiger partial charge in [-0.1, -0.05) is 23.8 Å². The van der Waals surface area contributed by atoms with Gasteiger partial charge in [-0.2, -0.15) is 4.98 Å². The lowest BCUT2D eigenvalue weighted by Crippen LogP contribution is -1.96. The van der Waals surface area contributed by atoms with Gasteiger partial charge in [0.1, 0.15) is 0 Å². The molecule has 0 amide bonds. The first-order valence-electron chi connectivity index (χ1n) is 5.34. The van der Waals surface area contributed by atoms with Crippen LogP contribution in [0.1, 0.15) is 28.5 Å². The van der Waals surface area contributed by atoms with Crippen molar-refractivity contribution in [2.45, 2.75) is 20.8 Å². The van der Waals surface area contributed by atoms with E-state index < -0.39 is 0 Å². The number of nitrogens with two attached hydrogens (primary N) is 1. The smallest absolute Gasteiger partial charge is 0.293 e. The van der Waals surface area contributed by atoms with Crippen molar-refractivity contribution in [3.8, 4) is 11.3 Å². The molecule has 1 aromatic heterocycles. The second-order valence-electron chi connectivity index (χ2n) is 4.10. The number of rotatable bonds is 2. The largest absolute Gasteiger partial charge is 0.423 e. The quantitative estimate of drug-likeness (QED) is 0.805. The summed E-state index contributed by atoms with van der Waals surface area (Å²) < 4.78 is 5.33. The first-order chi connectivity index (χ1) is 7.99. The van der Waals surface area contributed by atoms with Crippen molar-refractivity contribution in [2.24, 2.45) is 0 Å². The summed E-state index contributed by atoms with van der Waals surface area (Å²) in [6.07, 6.45) is 0. The third-order valence-electron chi connectivity index (χ3n) is 2.60. The highest BCUT2D eigenvalue weighted by atomic mass is 16.4. The zero-order chi connectivity index (χ0) is 12.6. The number of oxazole rings is 1. The van der Waals surface area contributed by atoms with Gasteiger partial charge < -0.3 is 10.2 Å². The van der Waals surface area contributed by atoms with E-state index in [0.717, 1.165) is 16.7 Å². The Morgan fingerprint density at radius 3 is 2.65 bits per heavy atom. The average Bonchev–Trinajstić information content (AvgIpc) is 2.60. The minimum atomic E-state index is -0.152. The Morgan fingerprint density at radius 1 is 1.35 bits per heavy atom. The molecule has 0 spiro atoms. The van der Waals surface area contributed by atoms with Crippen LogP contribution in [0.5, 0.6) is 0 Å². The van der Waals surface area contributed by atoms with Gasteiger partial charge in [0, 0.05) is 12.5 Å². The molecule has 4 nitrogen and oxygen atoms in total. The molecular formula is C13H14N2O2. The van der Waals surface area contributed by atoms with Gasteiger partial charge in [0.15, 0.2) is 17.2 Å². The molecule has 0 atom stereocenters. The van der Waals surface area contributed by atoms with Crippen LogP contribution in [-0.2, 0) is 0 Å². The van der Waals surface area contributed by atoms with Crippen LogP contribution in [0.4, 0.5) is 6.01 Å². The highest BCUT2D eigenvalue weighted by Crippen LogP contribution is 2.29. The van der Waals surface area contributed by atoms with Gasteiger partial charge in [-0.05, 0) is 19.4 Å². The van der Waals surface area contributed by atoms with E-state index in [1.165, 1.54) is 6.92 Å². The van der Waals surface area contributed by atoms with Crippen molar-refractivity contribution in [1.82, 2.24) is 4.98 Å². The molecule has 0 aliphatic rings. The van der Waals surface area contributed by atoms with Crippen molar-refractivity contribution >= 4 is 11.8 Å². The summed E-state index contributed by atoms with van der Waals surface area (Å²) in [4.78, 5) is 15.4. The van der Waals surface area contributed by atoms with Crippen LogP contribution in [0, 0.1) is 13.8 Å². The van der Waals surface area contributed by atoms with E-state index >= 15 is 0 Å². The predicted octanol–water partition coefficient (Wildman–Crippen LogP) is 2.74. The van der Waals surface area contributed by atoms with Gasteiger partial charge >= 0.3 is 0 Å². The summed E-state index contributed by atoms with van der Waals surface area (Å²) in [5.74, 6) is 0.299. The van der Waals surface area contributed by atoms with Crippen molar-refractivity contribution < 1.29 is 9.21 Å². The molecule has 0 saturated carbocycles. The number of aromatic nitrogens is 1. The molecule has 88 valence electrons. The zero-order valence-electron chi connectivity index (χ0n) is 10.1. The second-order valence-corrected chi connectivity index (χ2v) is 4.10. The molecule has 0 unspecified atom stereocenters. The molecule has 0 fully saturated rings. The van der Waals surface area contributed by atoms with Crippen molar-refractivity contribution in [3.05, 3.63) is 35.0 Å². The van der Waals surface area contributed by atoms with Crippen LogP contribution in [0.15, 0.2) is 22.6 Å². The molecule has 17 heavy (non-hydrogen) atoms. The van der Waals surface area contributed by atoms with Crippen LogP contribution in [0.2, 0.25) is 0 Å². The number of ketones is 1. The lowest BCUT2D eigenvalue weighted by Gasteiger charge is -2.04. The molecule has 0 saturated heterocycles. The maximum atomic E-state index is 11.5. The molecule has 2 aromatic rings. The summed E-state index contributed by atoms with van der Waals surface area (Å²) in [5, 5.41) is 0. The Labute approximate surface area is 99.5 Å². The number of carbonyl (C=O) groups excluding carboxylic acids is 1. The molecule has 2 rings (SSSR count). The number of carbonyl (C=O) groups is 1. The van der Waals surface area contributed by atoms with E-state index in [1.807, 2.05) is 32.0 Å². The van der Waals surface area contributed by atoms with Gasteiger partial charge in [-0.25, -0.2) is 0 Å². The first-order valence-corrected chi connectivity index (χ1v) is 5.34. The van der Waals surface area contributed by atoms with Gasteiger partial charge in [0.2, 0.25) is 0 Å². The van der Waals surface area contributed by atoms with Crippen molar-refractivity contribution in [1.29, 1.82) is 0 Å². The van der Waals surface area contributed by atoms with Gasteiger partial charge in [0.05, 0.1) is 0 Å². The van der Waals surface area contributed by atoms with Crippen molar-refractivity contribution in [3.63, 3.8) is 0 Å². The Bertz CT molecular complexity index is 585. The van der Waals surface area contributed by atoms with E-state index in [1.54, 1.807) is 0 Å². The third kappa shape index (κ3) is 2.06. The number of nitrogen functional groups attached to an aromatic ring is 1. The molecule has 1 heterocycles. The van der Waals surface area contributed by atoms with E-state index in [0.29, 0.717) is 5.76 Å². The average molecular weight is 230 g/mol.